The lowest BCUT2D eigenvalue weighted by atomic mass is 9.60. The highest BCUT2D eigenvalue weighted by Crippen LogP contribution is 2.50. The Labute approximate surface area is 307 Å². The second-order valence-corrected chi connectivity index (χ2v) is 18.8. The molecule has 0 aromatic rings. The summed E-state index contributed by atoms with van der Waals surface area (Å²) in [6, 6.07) is 0. The first-order valence-electron chi connectivity index (χ1n) is 21.5. The van der Waals surface area contributed by atoms with E-state index in [9.17, 15) is 24.6 Å². The molecule has 51 heavy (non-hydrogen) atoms. The van der Waals surface area contributed by atoms with Crippen LogP contribution < -0.4 is 0 Å². The van der Waals surface area contributed by atoms with Gasteiger partial charge in [-0.1, -0.05) is 78.1 Å². The van der Waals surface area contributed by atoms with E-state index < -0.39 is 23.8 Å². The molecule has 6 aliphatic rings. The maximum Gasteiger partial charge on any atom is 0.310 e. The highest BCUT2D eigenvalue weighted by molar-refractivity contribution is 5.81. The Morgan fingerprint density at radius 1 is 0.529 bits per heavy atom. The van der Waals surface area contributed by atoms with Gasteiger partial charge in [0.25, 0.3) is 0 Å². The van der Waals surface area contributed by atoms with Gasteiger partial charge in [-0.15, -0.1) is 0 Å². The molecule has 6 rings (SSSR count). The molecule has 0 radical (unpaired) electrons. The summed E-state index contributed by atoms with van der Waals surface area (Å²) in [5.74, 6) is 0.493. The Hall–Kier alpha value is -1.67. The molecule has 6 fully saturated rings. The molecule has 0 heterocycles. The molecule has 0 amide bonds. The molecule has 0 aromatic heterocycles. The van der Waals surface area contributed by atoms with E-state index in [1.807, 2.05) is 0 Å². The maximum atomic E-state index is 13.5. The highest BCUT2D eigenvalue weighted by Gasteiger charge is 2.45. The zero-order valence-corrected chi connectivity index (χ0v) is 31.9. The minimum absolute atomic E-state index is 0.0348. The van der Waals surface area contributed by atoms with E-state index in [2.05, 4.69) is 13.8 Å². The van der Waals surface area contributed by atoms with Crippen LogP contribution in [0.2, 0.25) is 0 Å². The molecule has 0 saturated heterocycles. The largest absolute Gasteiger partial charge is 0.481 e. The van der Waals surface area contributed by atoms with Gasteiger partial charge in [-0.2, -0.15) is 0 Å². The first-order chi connectivity index (χ1) is 24.6. The van der Waals surface area contributed by atoms with Crippen molar-refractivity contribution < 1.29 is 39.1 Å². The van der Waals surface area contributed by atoms with Crippen molar-refractivity contribution in [1.82, 2.24) is 0 Å². The molecule has 290 valence electrons. The number of carboxylic acids is 2. The van der Waals surface area contributed by atoms with Crippen molar-refractivity contribution in [2.45, 2.75) is 180 Å². The minimum Gasteiger partial charge on any atom is -0.481 e. The number of hydrogen-bond donors (Lipinski definition) is 2. The van der Waals surface area contributed by atoms with Crippen LogP contribution in [0.1, 0.15) is 168 Å². The van der Waals surface area contributed by atoms with Crippen LogP contribution in [0.5, 0.6) is 0 Å². The SMILES string of the molecule is CC(C)(C1CCC(OOCC2CC(C3CCCCC3)CCC2C(=O)O)CC1)C1CCC(OC(=O)C2CC(C3CCCCC3)CCC2C(=O)O)CC1. The fourth-order valence-corrected chi connectivity index (χ4v) is 12.3. The van der Waals surface area contributed by atoms with Crippen LogP contribution in [0.4, 0.5) is 0 Å². The monoisotopic (exact) mass is 715 g/mol. The van der Waals surface area contributed by atoms with Crippen molar-refractivity contribution >= 4 is 17.9 Å². The van der Waals surface area contributed by atoms with Gasteiger partial charge in [0.1, 0.15) is 6.10 Å². The molecular weight excluding hydrogens is 644 g/mol. The normalized spacial score (nSPS) is 37.8. The number of aliphatic carboxylic acids is 2. The van der Waals surface area contributed by atoms with Crippen molar-refractivity contribution in [1.29, 1.82) is 0 Å². The summed E-state index contributed by atoms with van der Waals surface area (Å²) >= 11 is 0. The molecule has 6 atom stereocenters. The third-order valence-corrected chi connectivity index (χ3v) is 15.7. The van der Waals surface area contributed by atoms with Gasteiger partial charge < -0.3 is 14.9 Å². The fourth-order valence-electron chi connectivity index (χ4n) is 12.3. The van der Waals surface area contributed by atoms with E-state index in [-0.39, 0.29) is 35.4 Å². The number of carbonyl (C=O) groups excluding carboxylic acids is 1. The van der Waals surface area contributed by atoms with E-state index in [0.717, 1.165) is 83.0 Å². The summed E-state index contributed by atoms with van der Waals surface area (Å²) in [5, 5.41) is 19.9. The molecule has 8 heteroatoms. The lowest BCUT2D eigenvalue weighted by Gasteiger charge is -2.46. The van der Waals surface area contributed by atoms with Gasteiger partial charge in [0.05, 0.1) is 30.5 Å². The van der Waals surface area contributed by atoms with Gasteiger partial charge in [-0.05, 0) is 137 Å². The van der Waals surface area contributed by atoms with Crippen molar-refractivity contribution in [3.8, 4) is 0 Å². The van der Waals surface area contributed by atoms with E-state index in [1.54, 1.807) is 0 Å². The van der Waals surface area contributed by atoms with Crippen LogP contribution >= 0.6 is 0 Å². The van der Waals surface area contributed by atoms with E-state index in [4.69, 9.17) is 14.5 Å². The summed E-state index contributed by atoms with van der Waals surface area (Å²) < 4.78 is 6.14. The van der Waals surface area contributed by atoms with Gasteiger partial charge in [0.2, 0.25) is 0 Å². The molecule has 6 unspecified atom stereocenters. The minimum atomic E-state index is -0.838. The lowest BCUT2D eigenvalue weighted by Crippen LogP contribution is -2.41. The second kappa shape index (κ2) is 18.1. The Morgan fingerprint density at radius 3 is 1.55 bits per heavy atom. The second-order valence-electron chi connectivity index (χ2n) is 18.8. The van der Waals surface area contributed by atoms with Crippen molar-refractivity contribution in [3.63, 3.8) is 0 Å². The lowest BCUT2D eigenvalue weighted by molar-refractivity contribution is -0.338. The van der Waals surface area contributed by atoms with Gasteiger partial charge in [0.15, 0.2) is 0 Å². The third kappa shape index (κ3) is 9.91. The molecule has 0 aromatic carbocycles. The Bertz CT molecular complexity index is 1120. The maximum absolute atomic E-state index is 13.5. The zero-order valence-electron chi connectivity index (χ0n) is 31.9. The number of ether oxygens (including phenoxy) is 1. The number of carbonyl (C=O) groups is 3. The third-order valence-electron chi connectivity index (χ3n) is 15.7. The van der Waals surface area contributed by atoms with Crippen LogP contribution in [0, 0.1) is 64.6 Å². The van der Waals surface area contributed by atoms with Crippen LogP contribution in [0.3, 0.4) is 0 Å². The average Bonchev–Trinajstić information content (AvgIpc) is 3.15. The smallest absolute Gasteiger partial charge is 0.310 e. The first-order valence-corrected chi connectivity index (χ1v) is 21.5. The molecular formula is C43H70O8. The van der Waals surface area contributed by atoms with Gasteiger partial charge in [-0.25, -0.2) is 9.78 Å². The molecule has 0 aliphatic heterocycles. The number of rotatable bonds is 12. The van der Waals surface area contributed by atoms with E-state index in [1.165, 1.54) is 64.2 Å². The quantitative estimate of drug-likeness (QED) is 0.116. The van der Waals surface area contributed by atoms with Crippen molar-refractivity contribution in [3.05, 3.63) is 0 Å². The van der Waals surface area contributed by atoms with Crippen molar-refractivity contribution in [2.24, 2.45) is 64.6 Å². The number of carboxylic acid groups (broad SMARTS) is 2. The summed E-state index contributed by atoms with van der Waals surface area (Å²) in [7, 11) is 0. The number of esters is 1. The first kappa shape index (κ1) is 39.0. The van der Waals surface area contributed by atoms with Gasteiger partial charge >= 0.3 is 17.9 Å². The molecule has 0 spiro atoms. The summed E-state index contributed by atoms with van der Waals surface area (Å²) in [4.78, 5) is 49.6. The fraction of sp³-hybridized carbons (Fsp3) is 0.930. The molecule has 8 nitrogen and oxygen atoms in total. The molecule has 6 saturated carbocycles. The average molecular weight is 715 g/mol. The zero-order chi connectivity index (χ0) is 36.0. The summed E-state index contributed by atoms with van der Waals surface area (Å²) in [6.07, 6.45) is 25.8. The van der Waals surface area contributed by atoms with Crippen molar-refractivity contribution in [2.75, 3.05) is 6.61 Å². The number of hydrogen-bond acceptors (Lipinski definition) is 6. The Morgan fingerprint density at radius 2 is 1.02 bits per heavy atom. The van der Waals surface area contributed by atoms with E-state index >= 15 is 0 Å². The highest BCUT2D eigenvalue weighted by atomic mass is 17.2. The molecule has 6 aliphatic carbocycles. The summed E-state index contributed by atoms with van der Waals surface area (Å²) in [5.41, 5.74) is 0.177. The predicted octanol–water partition coefficient (Wildman–Crippen LogP) is 10.0. The Balaban J connectivity index is 0.917. The van der Waals surface area contributed by atoms with Gasteiger partial charge in [0, 0.05) is 0 Å². The van der Waals surface area contributed by atoms with Crippen LogP contribution in [-0.4, -0.2) is 46.9 Å². The van der Waals surface area contributed by atoms with Crippen LogP contribution in [-0.2, 0) is 28.9 Å². The molecule has 0 bridgehead atoms. The van der Waals surface area contributed by atoms with E-state index in [0.29, 0.717) is 49.0 Å². The molecule has 2 N–H and O–H groups in total. The van der Waals surface area contributed by atoms with Crippen LogP contribution in [0.15, 0.2) is 0 Å². The standard InChI is InChI=1S/C43H70O8/c1-43(2,33-15-19-35(20-16-33)50-42(48)39-26-31(14-24-38(39)41(46)47)29-11-7-4-8-12-29)34-17-21-36(22-18-34)51-49-27-32-25-30(13-23-37(32)40(44)45)28-9-5-3-6-10-28/h28-39H,3-27H2,1-2H3,(H,44,45)(H,46,47). The summed E-state index contributed by atoms with van der Waals surface area (Å²) in [6.45, 7) is 5.24. The van der Waals surface area contributed by atoms with Crippen LogP contribution in [0.25, 0.3) is 0 Å². The predicted molar refractivity (Wildman–Crippen MR) is 195 cm³/mol. The van der Waals surface area contributed by atoms with Gasteiger partial charge in [-0.3, -0.25) is 14.4 Å². The topological polar surface area (TPSA) is 119 Å². The Kier molecular flexibility index (Phi) is 13.9.